The minimum Gasteiger partial charge on any atom is -0.478 e. The predicted octanol–water partition coefficient (Wildman–Crippen LogP) is 4.28. The van der Waals surface area contributed by atoms with Crippen molar-refractivity contribution in [3.63, 3.8) is 0 Å². The number of halogens is 1. The van der Waals surface area contributed by atoms with Gasteiger partial charge in [-0.3, -0.25) is 4.98 Å². The van der Waals surface area contributed by atoms with Crippen molar-refractivity contribution in [2.75, 3.05) is 0 Å². The highest BCUT2D eigenvalue weighted by atomic mass is 35.5. The molecule has 0 bridgehead atoms. The lowest BCUT2D eigenvalue weighted by atomic mass is 9.88. The smallest absolute Gasteiger partial charge is 0.337 e. The lowest BCUT2D eigenvalue weighted by Crippen LogP contribution is -2.24. The van der Waals surface area contributed by atoms with Gasteiger partial charge >= 0.3 is 5.97 Å². The number of pyridine rings is 1. The van der Waals surface area contributed by atoms with E-state index >= 15 is 0 Å². The molecule has 0 amide bonds. The van der Waals surface area contributed by atoms with E-state index in [2.05, 4.69) is 4.98 Å². The van der Waals surface area contributed by atoms with Gasteiger partial charge in [-0.05, 0) is 36.6 Å². The molecule has 1 aliphatic rings. The van der Waals surface area contributed by atoms with Gasteiger partial charge in [0, 0.05) is 6.04 Å². The number of nitrogens with zero attached hydrogens (tertiary/aromatic N) is 1. The Bertz CT molecular complexity index is 859. The zero-order chi connectivity index (χ0) is 18.0. The highest BCUT2D eigenvalue weighted by Gasteiger charge is 2.34. The molecule has 128 valence electrons. The van der Waals surface area contributed by atoms with Crippen molar-refractivity contribution in [2.45, 2.75) is 24.3 Å². The van der Waals surface area contributed by atoms with Crippen LogP contribution in [-0.2, 0) is 4.87 Å². The van der Waals surface area contributed by atoms with Crippen LogP contribution in [0.1, 0.15) is 46.7 Å². The molecule has 2 aromatic rings. The van der Waals surface area contributed by atoms with Crippen molar-refractivity contribution in [2.24, 2.45) is 5.73 Å². The number of carboxylic acid groups (broad SMARTS) is 1. The highest BCUT2D eigenvalue weighted by molar-refractivity contribution is 6.26. The van der Waals surface area contributed by atoms with Crippen LogP contribution in [0.3, 0.4) is 0 Å². The Morgan fingerprint density at radius 3 is 2.56 bits per heavy atom. The molecular weight excluding hydrogens is 336 g/mol. The molecule has 25 heavy (non-hydrogen) atoms. The molecule has 3 N–H and O–H groups in total. The third-order valence-electron chi connectivity index (χ3n) is 4.26. The van der Waals surface area contributed by atoms with Crippen LogP contribution in [0.2, 0.25) is 0 Å². The van der Waals surface area contributed by atoms with E-state index < -0.39 is 10.8 Å². The number of benzene rings is 1. The second kappa shape index (κ2) is 6.82. The maximum atomic E-state index is 11.6. The standard InChI is InChI=1S/C20H19ClN2O2/c1-13(22)17-8-7-16(19(24)25)18(23-17)20(21)11-9-15(10-12-20)14-5-3-2-4-6-14/h2-11,13H,12,22H2,1H3,(H,24,25). The summed E-state index contributed by atoms with van der Waals surface area (Å²) in [6, 6.07) is 12.8. The van der Waals surface area contributed by atoms with Crippen LogP contribution in [0.15, 0.2) is 60.7 Å². The Kier molecular flexibility index (Phi) is 4.75. The maximum absolute atomic E-state index is 11.6. The normalized spacial score (nSPS) is 20.8. The zero-order valence-electron chi connectivity index (χ0n) is 13.8. The van der Waals surface area contributed by atoms with Gasteiger partial charge in [0.1, 0.15) is 4.87 Å². The third-order valence-corrected chi connectivity index (χ3v) is 4.72. The summed E-state index contributed by atoms with van der Waals surface area (Å²) in [6.07, 6.45) is 6.19. The Hall–Kier alpha value is -2.43. The maximum Gasteiger partial charge on any atom is 0.337 e. The second-order valence-corrected chi connectivity index (χ2v) is 6.83. The van der Waals surface area contributed by atoms with E-state index in [4.69, 9.17) is 17.3 Å². The third kappa shape index (κ3) is 3.50. The number of nitrogens with two attached hydrogens (primary N) is 1. The summed E-state index contributed by atoms with van der Waals surface area (Å²) >= 11 is 6.78. The van der Waals surface area contributed by atoms with E-state index in [1.54, 1.807) is 13.0 Å². The Morgan fingerprint density at radius 1 is 1.28 bits per heavy atom. The molecule has 1 aromatic heterocycles. The number of aromatic carboxylic acids is 1. The number of hydrogen-bond acceptors (Lipinski definition) is 3. The van der Waals surface area contributed by atoms with Gasteiger partial charge in [-0.1, -0.05) is 48.6 Å². The monoisotopic (exact) mass is 354 g/mol. The minimum atomic E-state index is -1.05. The molecule has 0 aliphatic heterocycles. The fourth-order valence-corrected chi connectivity index (χ4v) is 3.14. The number of carbonyl (C=O) groups is 1. The van der Waals surface area contributed by atoms with Gasteiger partial charge in [-0.2, -0.15) is 0 Å². The van der Waals surface area contributed by atoms with Crippen LogP contribution in [0.5, 0.6) is 0 Å². The van der Waals surface area contributed by atoms with Crippen LogP contribution in [0, 0.1) is 0 Å². The summed E-state index contributed by atoms with van der Waals surface area (Å²) in [7, 11) is 0. The first-order valence-electron chi connectivity index (χ1n) is 8.05. The van der Waals surface area contributed by atoms with E-state index in [-0.39, 0.29) is 11.6 Å². The van der Waals surface area contributed by atoms with Gasteiger partial charge in [-0.15, -0.1) is 11.6 Å². The molecule has 2 atom stereocenters. The van der Waals surface area contributed by atoms with E-state index in [9.17, 15) is 9.90 Å². The molecule has 0 saturated carbocycles. The molecule has 0 saturated heterocycles. The van der Waals surface area contributed by atoms with Crippen molar-refractivity contribution in [1.82, 2.24) is 4.98 Å². The first-order chi connectivity index (χ1) is 11.9. The number of carboxylic acids is 1. The van der Waals surface area contributed by atoms with E-state index in [1.807, 2.05) is 48.6 Å². The zero-order valence-corrected chi connectivity index (χ0v) is 14.6. The summed E-state index contributed by atoms with van der Waals surface area (Å²) in [5, 5.41) is 9.50. The molecule has 5 heteroatoms. The first kappa shape index (κ1) is 17.4. The fraction of sp³-hybridized carbons (Fsp3) is 0.200. The van der Waals surface area contributed by atoms with Crippen LogP contribution >= 0.6 is 11.6 Å². The van der Waals surface area contributed by atoms with E-state index in [0.29, 0.717) is 17.8 Å². The Morgan fingerprint density at radius 2 is 2.00 bits per heavy atom. The molecule has 0 spiro atoms. The van der Waals surface area contributed by atoms with E-state index in [1.165, 1.54) is 6.07 Å². The molecular formula is C20H19ClN2O2. The molecule has 4 nitrogen and oxygen atoms in total. The highest BCUT2D eigenvalue weighted by Crippen LogP contribution is 2.40. The topological polar surface area (TPSA) is 76.2 Å². The predicted molar refractivity (Wildman–Crippen MR) is 99.5 cm³/mol. The van der Waals surface area contributed by atoms with Gasteiger partial charge < -0.3 is 10.8 Å². The van der Waals surface area contributed by atoms with Crippen molar-refractivity contribution >= 4 is 23.1 Å². The number of hydrogen-bond donors (Lipinski definition) is 2. The van der Waals surface area contributed by atoms with Crippen molar-refractivity contribution < 1.29 is 9.90 Å². The Labute approximate surface area is 151 Å². The van der Waals surface area contributed by atoms with Crippen molar-refractivity contribution in [3.05, 3.63) is 83.2 Å². The van der Waals surface area contributed by atoms with Crippen LogP contribution in [0.4, 0.5) is 0 Å². The quantitative estimate of drug-likeness (QED) is 0.803. The number of aromatic nitrogens is 1. The van der Waals surface area contributed by atoms with Gasteiger partial charge in [-0.25, -0.2) is 4.79 Å². The summed E-state index contributed by atoms with van der Waals surface area (Å²) < 4.78 is 0. The molecule has 0 radical (unpaired) electrons. The molecule has 1 aliphatic carbocycles. The lowest BCUT2D eigenvalue weighted by molar-refractivity contribution is 0.0694. The summed E-state index contributed by atoms with van der Waals surface area (Å²) in [5.74, 6) is -1.05. The van der Waals surface area contributed by atoms with E-state index in [0.717, 1.165) is 11.1 Å². The number of alkyl halides is 1. The number of rotatable bonds is 4. The summed E-state index contributed by atoms with van der Waals surface area (Å²) in [6.45, 7) is 1.80. The van der Waals surface area contributed by atoms with Gasteiger partial charge in [0.15, 0.2) is 0 Å². The molecule has 1 aromatic carbocycles. The van der Waals surface area contributed by atoms with Crippen molar-refractivity contribution in [1.29, 1.82) is 0 Å². The van der Waals surface area contributed by atoms with Crippen LogP contribution in [0.25, 0.3) is 5.57 Å². The van der Waals surface area contributed by atoms with Crippen molar-refractivity contribution in [3.8, 4) is 0 Å². The number of allylic oxidation sites excluding steroid dienone is 4. The molecule has 2 unspecified atom stereocenters. The SMILES string of the molecule is CC(N)c1ccc(C(=O)O)c(C2(Cl)C=CC(c3ccccc3)=CC2)n1. The largest absolute Gasteiger partial charge is 0.478 e. The molecule has 0 fully saturated rings. The molecule has 3 rings (SSSR count). The average Bonchev–Trinajstić information content (AvgIpc) is 2.62. The van der Waals surface area contributed by atoms with Gasteiger partial charge in [0.2, 0.25) is 0 Å². The Balaban J connectivity index is 2.00. The second-order valence-electron chi connectivity index (χ2n) is 6.15. The minimum absolute atomic E-state index is 0.0978. The molecule has 1 heterocycles. The van der Waals surface area contributed by atoms with Gasteiger partial charge in [0.05, 0.1) is 17.0 Å². The summed E-state index contributed by atoms with van der Waals surface area (Å²) in [4.78, 5) is 15.1. The van der Waals surface area contributed by atoms with Gasteiger partial charge in [0.25, 0.3) is 0 Å². The average molecular weight is 355 g/mol. The summed E-state index contributed by atoms with van der Waals surface area (Å²) in [5.41, 5.74) is 9.08. The first-order valence-corrected chi connectivity index (χ1v) is 8.42. The van der Waals surface area contributed by atoms with Crippen LogP contribution in [-0.4, -0.2) is 16.1 Å². The van der Waals surface area contributed by atoms with Crippen LogP contribution < -0.4 is 5.73 Å². The lowest BCUT2D eigenvalue weighted by Gasteiger charge is -2.27. The fourth-order valence-electron chi connectivity index (χ4n) is 2.85.